The number of halogens is 1. The Balaban J connectivity index is 0.000000215. The minimum atomic E-state index is -0.579. The first-order valence-corrected chi connectivity index (χ1v) is 18.2. The second-order valence-electron chi connectivity index (χ2n) is 12.8. The average Bonchev–Trinajstić information content (AvgIpc) is 3.28. The van der Waals surface area contributed by atoms with Crippen molar-refractivity contribution in [2.45, 2.75) is 108 Å². The lowest BCUT2D eigenvalue weighted by molar-refractivity contribution is -0.108. The second kappa shape index (κ2) is 20.4. The number of carbonyl (C=O) groups excluding carboxylic acids is 3. The molecule has 2 saturated carbocycles. The fourth-order valence-corrected chi connectivity index (χ4v) is 7.35. The molecule has 3 N–H and O–H groups in total. The maximum atomic E-state index is 12.6. The van der Waals surface area contributed by atoms with E-state index in [1.807, 2.05) is 25.0 Å². The summed E-state index contributed by atoms with van der Waals surface area (Å²) in [6.07, 6.45) is 13.7. The van der Waals surface area contributed by atoms with E-state index in [9.17, 15) is 14.0 Å². The Morgan fingerprint density at radius 2 is 1.84 bits per heavy atom. The number of unbranched alkanes of at least 4 members (excludes halogenated alkanes) is 1. The van der Waals surface area contributed by atoms with Crippen molar-refractivity contribution in [2.24, 2.45) is 5.73 Å². The van der Waals surface area contributed by atoms with Gasteiger partial charge in [0, 0.05) is 43.7 Å². The fourth-order valence-electron chi connectivity index (χ4n) is 6.05. The van der Waals surface area contributed by atoms with Crippen LogP contribution in [0.4, 0.5) is 4.39 Å². The Kier molecular flexibility index (Phi) is 17.9. The quantitative estimate of drug-likeness (QED) is 0.191. The first kappa shape index (κ1) is 39.4. The number of fused-ring (bicyclic) bond motifs is 1. The van der Waals surface area contributed by atoms with Crippen LogP contribution in [0.3, 0.4) is 0 Å². The number of primary amides is 1. The Bertz CT molecular complexity index is 1150. The van der Waals surface area contributed by atoms with Crippen LogP contribution in [0.15, 0.2) is 24.3 Å². The predicted molar refractivity (Wildman–Crippen MR) is 187 cm³/mol. The molecule has 254 valence electrons. The van der Waals surface area contributed by atoms with Crippen molar-refractivity contribution in [1.29, 1.82) is 0 Å². The van der Waals surface area contributed by atoms with Crippen molar-refractivity contribution in [3.8, 4) is 0 Å². The third-order valence-electron chi connectivity index (χ3n) is 9.48. The first-order valence-electron chi connectivity index (χ1n) is 16.3. The van der Waals surface area contributed by atoms with Crippen LogP contribution in [-0.4, -0.2) is 103 Å². The van der Waals surface area contributed by atoms with Gasteiger partial charge in [0.25, 0.3) is 5.91 Å². The Hall–Kier alpha value is -1.81. The molecule has 1 aromatic carbocycles. The van der Waals surface area contributed by atoms with Crippen molar-refractivity contribution in [3.05, 3.63) is 34.7 Å². The highest BCUT2D eigenvalue weighted by molar-refractivity contribution is 7.30. The molecule has 2 unspecified atom stereocenters. The lowest BCUT2D eigenvalue weighted by Gasteiger charge is -2.40. The molecule has 3 heterocycles. The molecule has 1 spiro atoms. The Labute approximate surface area is 275 Å². The zero-order valence-electron chi connectivity index (χ0n) is 27.8. The smallest absolute Gasteiger partial charge is 0.258 e. The average molecular weight is 667 g/mol. The number of rotatable bonds is 9. The largest absolute Gasteiger partial charge is 0.377 e. The number of aldehydes is 1. The highest BCUT2D eigenvalue weighted by atomic mass is 32.1. The molecule has 6 rings (SSSR count). The molecule has 4 fully saturated rings. The molecule has 2 aliphatic carbocycles. The Morgan fingerprint density at radius 1 is 1.18 bits per heavy atom. The van der Waals surface area contributed by atoms with Gasteiger partial charge in [0.1, 0.15) is 19.2 Å². The van der Waals surface area contributed by atoms with Gasteiger partial charge in [-0.25, -0.2) is 4.39 Å². The molecule has 0 bridgehead atoms. The summed E-state index contributed by atoms with van der Waals surface area (Å²) < 4.78 is 13.7. The van der Waals surface area contributed by atoms with Crippen molar-refractivity contribution >= 4 is 49.2 Å². The summed E-state index contributed by atoms with van der Waals surface area (Å²) in [6, 6.07) is 8.60. The van der Waals surface area contributed by atoms with Gasteiger partial charge < -0.3 is 34.9 Å². The number of nitrogens with two attached hydrogens (primary N) is 1. The molecule has 2 atom stereocenters. The first-order chi connectivity index (χ1) is 21.6. The van der Waals surface area contributed by atoms with E-state index in [1.165, 1.54) is 69.5 Å². The summed E-state index contributed by atoms with van der Waals surface area (Å²) in [6.45, 7) is 8.14. The molecule has 1 amide bonds. The summed E-state index contributed by atoms with van der Waals surface area (Å²) in [5.41, 5.74) is 7.02. The molecule has 2 aromatic rings. The summed E-state index contributed by atoms with van der Waals surface area (Å²) in [5, 5.41) is 1.02. The molecule has 45 heavy (non-hydrogen) atoms. The van der Waals surface area contributed by atoms with Crippen molar-refractivity contribution in [2.75, 3.05) is 40.8 Å². The molecule has 11 heteroatoms. The minimum absolute atomic E-state index is 0.0798. The second-order valence-corrected chi connectivity index (χ2v) is 14.5. The highest BCUT2D eigenvalue weighted by Crippen LogP contribution is 2.48. The van der Waals surface area contributed by atoms with E-state index in [2.05, 4.69) is 42.8 Å². The topological polar surface area (TPSA) is 107 Å². The number of alkyl halides is 1. The van der Waals surface area contributed by atoms with Crippen LogP contribution in [0.5, 0.6) is 0 Å². The SMILES string of the molecule is C=O.CC(CCCC=O)N(C)C1CC(F)C1.CN1CCCC1.CN1CCCC12CC2.NC(=O)c1cc2cc(CPO)ccc2s1. The fraction of sp³-hybridized carbons (Fsp3) is 0.676. The number of hydrogen-bond donors (Lipinski definition) is 2. The van der Waals surface area contributed by atoms with Gasteiger partial charge in [0.2, 0.25) is 0 Å². The van der Waals surface area contributed by atoms with Crippen LogP contribution < -0.4 is 5.73 Å². The normalized spacial score (nSPS) is 22.3. The van der Waals surface area contributed by atoms with E-state index in [4.69, 9.17) is 15.4 Å². The van der Waals surface area contributed by atoms with Gasteiger partial charge in [-0.3, -0.25) is 4.79 Å². The molecule has 2 aliphatic heterocycles. The molecule has 4 aliphatic rings. The zero-order valence-corrected chi connectivity index (χ0v) is 29.6. The van der Waals surface area contributed by atoms with Gasteiger partial charge in [-0.05, 0) is 141 Å². The number of benzene rings is 1. The summed E-state index contributed by atoms with van der Waals surface area (Å²) in [4.78, 5) is 45.7. The molecular formula is C34H56FN4O4PS. The third-order valence-corrected chi connectivity index (χ3v) is 11.2. The predicted octanol–water partition coefficient (Wildman–Crippen LogP) is 6.03. The summed E-state index contributed by atoms with van der Waals surface area (Å²) in [5.74, 6) is -0.387. The van der Waals surface area contributed by atoms with Crippen LogP contribution in [0.1, 0.15) is 92.8 Å². The highest BCUT2D eigenvalue weighted by Gasteiger charge is 2.48. The van der Waals surface area contributed by atoms with Crippen LogP contribution in [0, 0.1) is 0 Å². The number of thiophene rings is 1. The van der Waals surface area contributed by atoms with Gasteiger partial charge in [0.15, 0.2) is 0 Å². The number of likely N-dealkylation sites (tertiary alicyclic amines) is 2. The lowest BCUT2D eigenvalue weighted by atomic mass is 9.88. The van der Waals surface area contributed by atoms with E-state index in [0.29, 0.717) is 42.4 Å². The molecule has 0 radical (unpaired) electrons. The summed E-state index contributed by atoms with van der Waals surface area (Å²) in [7, 11) is 6.42. The number of nitrogens with zero attached hydrogens (tertiary/aromatic N) is 3. The molecule has 2 saturated heterocycles. The molecular weight excluding hydrogens is 610 g/mol. The van der Waals surface area contributed by atoms with E-state index in [1.54, 1.807) is 6.07 Å². The van der Waals surface area contributed by atoms with Crippen LogP contribution in [0.25, 0.3) is 10.1 Å². The number of hydrogen-bond acceptors (Lipinski definition) is 8. The van der Waals surface area contributed by atoms with Gasteiger partial charge in [-0.2, -0.15) is 0 Å². The third kappa shape index (κ3) is 13.1. The van der Waals surface area contributed by atoms with E-state index in [0.717, 1.165) is 40.3 Å². The van der Waals surface area contributed by atoms with Crippen molar-refractivity contribution < 1.29 is 23.7 Å². The minimum Gasteiger partial charge on any atom is -0.377 e. The van der Waals surface area contributed by atoms with Crippen molar-refractivity contribution in [1.82, 2.24) is 14.7 Å². The Morgan fingerprint density at radius 3 is 2.29 bits per heavy atom. The standard InChI is InChI=1S/C11H20FNO.C10H10NO2PS.C7H13N.C5H11N.CH2O/c1-9(5-3-4-6-14)13(2)11-7-10(12)8-11;11-10(12)9-4-7-3-6(5-14-13)1-2-8(7)15-9;1-8-6-2-3-7(8)4-5-7;1-6-4-2-3-5-6;1-2/h6,9-11H,3-5,7-8H2,1-2H3;1-4,13-14H,5H2,(H2,11,12);2-6H2,1H3;2-5H2,1H3;1H2. The van der Waals surface area contributed by atoms with Gasteiger partial charge in [-0.1, -0.05) is 6.07 Å². The van der Waals surface area contributed by atoms with E-state index < -0.39 is 6.17 Å². The van der Waals surface area contributed by atoms with Gasteiger partial charge in [0.05, 0.1) is 4.88 Å². The maximum Gasteiger partial charge on any atom is 0.258 e. The van der Waals surface area contributed by atoms with Crippen LogP contribution >= 0.6 is 20.1 Å². The van der Waals surface area contributed by atoms with Crippen molar-refractivity contribution in [3.63, 3.8) is 0 Å². The summed E-state index contributed by atoms with van der Waals surface area (Å²) >= 11 is 1.40. The zero-order chi connectivity index (χ0) is 33.4. The maximum absolute atomic E-state index is 12.6. The van der Waals surface area contributed by atoms with E-state index >= 15 is 0 Å². The number of carbonyl (C=O) groups is 3. The van der Waals surface area contributed by atoms with Crippen LogP contribution in [0.2, 0.25) is 0 Å². The van der Waals surface area contributed by atoms with E-state index in [-0.39, 0.29) is 14.7 Å². The number of amides is 1. The van der Waals surface area contributed by atoms with Gasteiger partial charge >= 0.3 is 0 Å². The monoisotopic (exact) mass is 666 g/mol. The lowest BCUT2D eigenvalue weighted by Crippen LogP contribution is -2.47. The van der Waals surface area contributed by atoms with Gasteiger partial charge in [-0.15, -0.1) is 11.3 Å². The molecule has 8 nitrogen and oxygen atoms in total. The van der Waals surface area contributed by atoms with Crippen LogP contribution in [-0.2, 0) is 15.8 Å². The molecule has 1 aromatic heterocycles.